The maximum absolute atomic E-state index is 12.9. The molecule has 0 aliphatic carbocycles. The van der Waals surface area contributed by atoms with Crippen LogP contribution in [0.25, 0.3) is 0 Å². The van der Waals surface area contributed by atoms with Gasteiger partial charge in [0.1, 0.15) is 0 Å². The van der Waals surface area contributed by atoms with Crippen molar-refractivity contribution in [2.45, 2.75) is 25.2 Å². The summed E-state index contributed by atoms with van der Waals surface area (Å²) in [5.41, 5.74) is 4.96. The molecule has 0 fully saturated rings. The van der Waals surface area contributed by atoms with Crippen LogP contribution in [0.3, 0.4) is 0 Å². The number of rotatable bonds is 4. The standard InChI is InChI=1S/C13H15F3N2/c1-3-9(2)18-12(8-17)10-6-4-5-7-11(10)13(14,15)16/h1,4-7,9,12,18H,8,17H2,2H3. The topological polar surface area (TPSA) is 38.0 Å². The zero-order chi connectivity index (χ0) is 13.8. The molecule has 2 unspecified atom stereocenters. The lowest BCUT2D eigenvalue weighted by molar-refractivity contribution is -0.138. The van der Waals surface area contributed by atoms with Gasteiger partial charge in [-0.3, -0.25) is 5.32 Å². The Kier molecular flexibility index (Phi) is 4.76. The predicted octanol–water partition coefficient (Wildman–Crippen LogP) is 2.32. The molecular weight excluding hydrogens is 241 g/mol. The smallest absolute Gasteiger partial charge is 0.329 e. The van der Waals surface area contributed by atoms with Gasteiger partial charge in [0.05, 0.1) is 11.6 Å². The Morgan fingerprint density at radius 2 is 2.00 bits per heavy atom. The summed E-state index contributed by atoms with van der Waals surface area (Å²) >= 11 is 0. The van der Waals surface area contributed by atoms with Gasteiger partial charge in [-0.15, -0.1) is 6.42 Å². The first-order valence-corrected chi connectivity index (χ1v) is 5.48. The number of nitrogens with two attached hydrogens (primary N) is 1. The van der Waals surface area contributed by atoms with Crippen molar-refractivity contribution in [2.24, 2.45) is 5.73 Å². The Morgan fingerprint density at radius 1 is 1.39 bits per heavy atom. The van der Waals surface area contributed by atoms with E-state index in [-0.39, 0.29) is 18.2 Å². The van der Waals surface area contributed by atoms with Crippen molar-refractivity contribution in [1.29, 1.82) is 0 Å². The third-order valence-corrected chi connectivity index (χ3v) is 2.58. The summed E-state index contributed by atoms with van der Waals surface area (Å²) in [7, 11) is 0. The van der Waals surface area contributed by atoms with Crippen LogP contribution >= 0.6 is 0 Å². The van der Waals surface area contributed by atoms with E-state index in [1.807, 2.05) is 0 Å². The molecule has 0 bridgehead atoms. The number of hydrogen-bond acceptors (Lipinski definition) is 2. The van der Waals surface area contributed by atoms with E-state index in [0.717, 1.165) is 6.07 Å². The Hall–Kier alpha value is -1.51. The number of halogens is 3. The number of benzene rings is 1. The summed E-state index contributed by atoms with van der Waals surface area (Å²) in [6.45, 7) is 1.73. The molecule has 98 valence electrons. The molecule has 2 nitrogen and oxygen atoms in total. The summed E-state index contributed by atoms with van der Waals surface area (Å²) in [5, 5.41) is 2.88. The molecule has 1 aromatic carbocycles. The summed E-state index contributed by atoms with van der Waals surface area (Å²) < 4.78 is 38.6. The molecule has 0 aliphatic heterocycles. The first kappa shape index (κ1) is 14.6. The lowest BCUT2D eigenvalue weighted by Crippen LogP contribution is -2.35. The largest absolute Gasteiger partial charge is 0.416 e. The van der Waals surface area contributed by atoms with Crippen molar-refractivity contribution in [3.05, 3.63) is 35.4 Å². The highest BCUT2D eigenvalue weighted by Crippen LogP contribution is 2.34. The van der Waals surface area contributed by atoms with E-state index in [0.29, 0.717) is 0 Å². The Labute approximate surface area is 104 Å². The van der Waals surface area contributed by atoms with Crippen LogP contribution in [-0.2, 0) is 6.18 Å². The zero-order valence-corrected chi connectivity index (χ0v) is 9.96. The van der Waals surface area contributed by atoms with E-state index in [1.54, 1.807) is 13.0 Å². The van der Waals surface area contributed by atoms with Crippen LogP contribution in [0.4, 0.5) is 13.2 Å². The zero-order valence-electron chi connectivity index (χ0n) is 9.96. The van der Waals surface area contributed by atoms with Crippen LogP contribution < -0.4 is 11.1 Å². The SMILES string of the molecule is C#CC(C)NC(CN)c1ccccc1C(F)(F)F. The van der Waals surface area contributed by atoms with Gasteiger partial charge in [0.25, 0.3) is 0 Å². The van der Waals surface area contributed by atoms with Crippen molar-refractivity contribution in [2.75, 3.05) is 6.54 Å². The molecule has 0 saturated carbocycles. The molecule has 2 atom stereocenters. The summed E-state index contributed by atoms with van der Waals surface area (Å²) in [6.07, 6.45) is 0.804. The maximum atomic E-state index is 12.9. The van der Waals surface area contributed by atoms with Crippen LogP contribution in [0, 0.1) is 12.3 Å². The third-order valence-electron chi connectivity index (χ3n) is 2.58. The van der Waals surface area contributed by atoms with E-state index in [9.17, 15) is 13.2 Å². The van der Waals surface area contributed by atoms with Crippen molar-refractivity contribution in [1.82, 2.24) is 5.32 Å². The van der Waals surface area contributed by atoms with E-state index in [1.165, 1.54) is 12.1 Å². The Balaban J connectivity index is 3.11. The van der Waals surface area contributed by atoms with Gasteiger partial charge in [0.15, 0.2) is 0 Å². The van der Waals surface area contributed by atoms with Crippen molar-refractivity contribution >= 4 is 0 Å². The monoisotopic (exact) mass is 256 g/mol. The second-order valence-corrected chi connectivity index (χ2v) is 3.93. The Morgan fingerprint density at radius 3 is 2.50 bits per heavy atom. The molecule has 0 aromatic heterocycles. The van der Waals surface area contributed by atoms with Gasteiger partial charge in [0, 0.05) is 12.6 Å². The van der Waals surface area contributed by atoms with Crippen LogP contribution in [0.15, 0.2) is 24.3 Å². The molecule has 0 saturated heterocycles. The fourth-order valence-corrected chi connectivity index (χ4v) is 1.69. The molecule has 0 aliphatic rings. The minimum Gasteiger partial charge on any atom is -0.329 e. The molecule has 3 N–H and O–H groups in total. The normalized spacial score (nSPS) is 14.9. The lowest BCUT2D eigenvalue weighted by atomic mass is 9.99. The van der Waals surface area contributed by atoms with E-state index >= 15 is 0 Å². The molecule has 1 aromatic rings. The quantitative estimate of drug-likeness (QED) is 0.811. The van der Waals surface area contributed by atoms with E-state index in [4.69, 9.17) is 12.2 Å². The van der Waals surface area contributed by atoms with Gasteiger partial charge >= 0.3 is 6.18 Å². The van der Waals surface area contributed by atoms with Crippen molar-refractivity contribution < 1.29 is 13.2 Å². The predicted molar refractivity (Wildman–Crippen MR) is 64.7 cm³/mol. The molecule has 0 radical (unpaired) electrons. The number of terminal acetylenes is 1. The summed E-state index contributed by atoms with van der Waals surface area (Å²) in [5.74, 6) is 2.41. The fraction of sp³-hybridized carbons (Fsp3) is 0.385. The minimum atomic E-state index is -4.40. The average Bonchev–Trinajstić information content (AvgIpc) is 2.34. The average molecular weight is 256 g/mol. The maximum Gasteiger partial charge on any atom is 0.416 e. The molecule has 0 spiro atoms. The van der Waals surface area contributed by atoms with Gasteiger partial charge in [-0.25, -0.2) is 0 Å². The Bertz CT molecular complexity index is 435. The molecule has 5 heteroatoms. The van der Waals surface area contributed by atoms with E-state index in [2.05, 4.69) is 11.2 Å². The second kappa shape index (κ2) is 5.89. The highest BCUT2D eigenvalue weighted by molar-refractivity contribution is 5.33. The van der Waals surface area contributed by atoms with Crippen LogP contribution in [0.1, 0.15) is 24.1 Å². The first-order valence-electron chi connectivity index (χ1n) is 5.48. The van der Waals surface area contributed by atoms with Gasteiger partial charge in [-0.2, -0.15) is 13.2 Å². The first-order chi connectivity index (χ1) is 8.40. The molecular formula is C13H15F3N2. The number of nitrogens with one attached hydrogen (secondary N) is 1. The van der Waals surface area contributed by atoms with Crippen molar-refractivity contribution in [3.8, 4) is 12.3 Å². The van der Waals surface area contributed by atoms with Gasteiger partial charge in [-0.1, -0.05) is 24.1 Å². The van der Waals surface area contributed by atoms with Gasteiger partial charge in [-0.05, 0) is 18.6 Å². The number of hydrogen-bond donors (Lipinski definition) is 2. The van der Waals surface area contributed by atoms with Gasteiger partial charge < -0.3 is 5.73 Å². The van der Waals surface area contributed by atoms with Crippen molar-refractivity contribution in [3.63, 3.8) is 0 Å². The lowest BCUT2D eigenvalue weighted by Gasteiger charge is -2.23. The van der Waals surface area contributed by atoms with Gasteiger partial charge in [0.2, 0.25) is 0 Å². The molecule has 0 heterocycles. The van der Waals surface area contributed by atoms with Crippen LogP contribution in [-0.4, -0.2) is 12.6 Å². The minimum absolute atomic E-state index is 0.0408. The highest BCUT2D eigenvalue weighted by Gasteiger charge is 2.34. The fourth-order valence-electron chi connectivity index (χ4n) is 1.69. The van der Waals surface area contributed by atoms with Crippen LogP contribution in [0.5, 0.6) is 0 Å². The second-order valence-electron chi connectivity index (χ2n) is 3.93. The molecule has 18 heavy (non-hydrogen) atoms. The third kappa shape index (κ3) is 3.49. The summed E-state index contributed by atoms with van der Waals surface area (Å²) in [6, 6.07) is 4.39. The summed E-state index contributed by atoms with van der Waals surface area (Å²) in [4.78, 5) is 0. The van der Waals surface area contributed by atoms with Crippen LogP contribution in [0.2, 0.25) is 0 Å². The van der Waals surface area contributed by atoms with E-state index < -0.39 is 17.8 Å². The number of alkyl halides is 3. The molecule has 0 amide bonds. The molecule has 1 rings (SSSR count). The highest BCUT2D eigenvalue weighted by atomic mass is 19.4.